The van der Waals surface area contributed by atoms with Crippen molar-refractivity contribution in [3.05, 3.63) is 69.6 Å². The first kappa shape index (κ1) is 22.2. The Bertz CT molecular complexity index is 1160. The Morgan fingerprint density at radius 1 is 0.968 bits per heavy atom. The number of hydrogen-bond donors (Lipinski definition) is 1. The van der Waals surface area contributed by atoms with Crippen LogP contribution in [-0.2, 0) is 17.1 Å². The highest BCUT2D eigenvalue weighted by Gasteiger charge is 2.37. The summed E-state index contributed by atoms with van der Waals surface area (Å²) in [5.41, 5.74) is -3.55. The Labute approximate surface area is 170 Å². The van der Waals surface area contributed by atoms with E-state index in [0.29, 0.717) is 23.1 Å². The summed E-state index contributed by atoms with van der Waals surface area (Å²) >= 11 is 0. The van der Waals surface area contributed by atoms with Crippen molar-refractivity contribution in [1.82, 2.24) is 0 Å². The average molecular weight is 445 g/mol. The Morgan fingerprint density at radius 2 is 1.58 bits per heavy atom. The molecule has 2 aromatic carbocycles. The number of carbonyl (C=O) groups is 1. The molecule has 11 heteroatoms. The van der Waals surface area contributed by atoms with Crippen molar-refractivity contribution in [2.45, 2.75) is 19.3 Å². The van der Waals surface area contributed by atoms with Gasteiger partial charge in [0.15, 0.2) is 6.61 Å². The molecule has 1 amide bonds. The van der Waals surface area contributed by atoms with Crippen LogP contribution in [0.2, 0.25) is 0 Å². The minimum Gasteiger partial charge on any atom is -0.484 e. The molecule has 164 valence electrons. The lowest BCUT2D eigenvalue weighted by molar-refractivity contribution is -0.143. The van der Waals surface area contributed by atoms with Gasteiger partial charge in [-0.1, -0.05) is 0 Å². The zero-order chi connectivity index (χ0) is 23.0. The van der Waals surface area contributed by atoms with Gasteiger partial charge in [-0.2, -0.15) is 26.3 Å². The fourth-order valence-corrected chi connectivity index (χ4v) is 2.77. The van der Waals surface area contributed by atoms with Crippen LogP contribution in [0.4, 0.5) is 32.0 Å². The number of fused-ring (bicyclic) bond motifs is 1. The molecule has 1 heterocycles. The van der Waals surface area contributed by atoms with Crippen LogP contribution in [0.1, 0.15) is 16.7 Å². The fraction of sp³-hybridized carbons (Fsp3) is 0.200. The number of ether oxygens (including phenoxy) is 1. The molecule has 0 saturated carbocycles. The zero-order valence-corrected chi connectivity index (χ0v) is 15.6. The van der Waals surface area contributed by atoms with Crippen molar-refractivity contribution in [2.24, 2.45) is 0 Å². The predicted octanol–water partition coefficient (Wildman–Crippen LogP) is 5.16. The molecule has 3 aromatic rings. The summed E-state index contributed by atoms with van der Waals surface area (Å²) in [7, 11) is 0. The maximum atomic E-state index is 12.9. The lowest BCUT2D eigenvalue weighted by Crippen LogP contribution is -2.21. The number of halogens is 6. The lowest BCUT2D eigenvalue weighted by atomic mass is 10.1. The molecule has 0 fully saturated rings. The van der Waals surface area contributed by atoms with E-state index in [-0.39, 0.29) is 17.4 Å². The van der Waals surface area contributed by atoms with E-state index in [2.05, 4.69) is 0 Å². The third-order valence-electron chi connectivity index (χ3n) is 4.16. The summed E-state index contributed by atoms with van der Waals surface area (Å²) < 4.78 is 87.6. The molecule has 0 aliphatic carbocycles. The topological polar surface area (TPSA) is 68.5 Å². The Balaban J connectivity index is 1.76. The number of amides is 1. The van der Waals surface area contributed by atoms with Gasteiger partial charge in [0.1, 0.15) is 11.3 Å². The van der Waals surface area contributed by atoms with Crippen LogP contribution in [0, 0.1) is 6.92 Å². The summed E-state index contributed by atoms with van der Waals surface area (Å²) in [6, 6.07) is 6.40. The first-order valence-corrected chi connectivity index (χ1v) is 8.59. The van der Waals surface area contributed by atoms with Crippen LogP contribution in [-0.4, -0.2) is 12.5 Å². The number of hydrogen-bond acceptors (Lipinski definition) is 4. The molecule has 31 heavy (non-hydrogen) atoms. The molecular weight excluding hydrogens is 432 g/mol. The number of carbonyl (C=O) groups excluding carboxylic acids is 1. The maximum Gasteiger partial charge on any atom is 0.416 e. The van der Waals surface area contributed by atoms with Crippen molar-refractivity contribution in [1.29, 1.82) is 0 Å². The second kappa shape index (κ2) is 7.97. The number of rotatable bonds is 4. The molecule has 0 saturated heterocycles. The van der Waals surface area contributed by atoms with Gasteiger partial charge in [-0.25, -0.2) is 4.79 Å². The maximum absolute atomic E-state index is 12.9. The highest BCUT2D eigenvalue weighted by atomic mass is 19.4. The van der Waals surface area contributed by atoms with E-state index in [1.54, 1.807) is 13.0 Å². The lowest BCUT2D eigenvalue weighted by Gasteiger charge is -2.15. The smallest absolute Gasteiger partial charge is 0.416 e. The van der Waals surface area contributed by atoms with Crippen molar-refractivity contribution in [2.75, 3.05) is 11.9 Å². The molecule has 0 bridgehead atoms. The molecule has 1 aromatic heterocycles. The van der Waals surface area contributed by atoms with E-state index in [1.807, 2.05) is 5.32 Å². The zero-order valence-electron chi connectivity index (χ0n) is 15.6. The van der Waals surface area contributed by atoms with Gasteiger partial charge in [0, 0.05) is 23.2 Å². The van der Waals surface area contributed by atoms with Crippen molar-refractivity contribution in [3.8, 4) is 5.75 Å². The molecule has 1 N–H and O–H groups in total. The van der Waals surface area contributed by atoms with Crippen molar-refractivity contribution < 1.29 is 40.3 Å². The summed E-state index contributed by atoms with van der Waals surface area (Å²) in [5, 5.41) is 2.58. The monoisotopic (exact) mass is 445 g/mol. The largest absolute Gasteiger partial charge is 0.484 e. The number of anilines is 1. The molecule has 0 aliphatic rings. The van der Waals surface area contributed by atoms with E-state index in [1.165, 1.54) is 18.2 Å². The molecule has 0 spiro atoms. The number of benzene rings is 2. The van der Waals surface area contributed by atoms with E-state index in [4.69, 9.17) is 9.15 Å². The quantitative estimate of drug-likeness (QED) is 0.445. The first-order chi connectivity index (χ1) is 14.3. The van der Waals surface area contributed by atoms with Crippen molar-refractivity contribution >= 4 is 22.6 Å². The second-order valence-corrected chi connectivity index (χ2v) is 6.54. The Kier molecular flexibility index (Phi) is 5.70. The van der Waals surface area contributed by atoms with Gasteiger partial charge in [-0.05, 0) is 42.8 Å². The standard InChI is InChI=1S/C20H13F6NO4/c1-10-4-18(29)31-16-8-14(2-3-15(10)16)30-9-17(28)27-13-6-11(19(21,22)23)5-12(7-13)20(24,25)26/h2-8H,9H2,1H3,(H,27,28). The summed E-state index contributed by atoms with van der Waals surface area (Å²) in [6.45, 7) is 0.983. The van der Waals surface area contributed by atoms with E-state index in [9.17, 15) is 35.9 Å². The van der Waals surface area contributed by atoms with E-state index >= 15 is 0 Å². The van der Waals surface area contributed by atoms with Crippen LogP contribution in [0.5, 0.6) is 5.75 Å². The molecular formula is C20H13F6NO4. The SMILES string of the molecule is Cc1cc(=O)oc2cc(OCC(=O)Nc3cc(C(F)(F)F)cc(C(F)(F)F)c3)ccc12. The van der Waals surface area contributed by atoms with Crippen LogP contribution in [0.15, 0.2) is 51.7 Å². The Hall–Kier alpha value is -3.50. The van der Waals surface area contributed by atoms with Gasteiger partial charge in [-0.15, -0.1) is 0 Å². The van der Waals surface area contributed by atoms with Crippen LogP contribution < -0.4 is 15.7 Å². The first-order valence-electron chi connectivity index (χ1n) is 8.59. The minimum absolute atomic E-state index is 0.0446. The highest BCUT2D eigenvalue weighted by molar-refractivity contribution is 5.92. The molecule has 0 radical (unpaired) electrons. The van der Waals surface area contributed by atoms with Crippen LogP contribution in [0.25, 0.3) is 11.0 Å². The minimum atomic E-state index is -5.04. The Morgan fingerprint density at radius 3 is 2.16 bits per heavy atom. The summed E-state index contributed by atoms with van der Waals surface area (Å²) in [6.07, 6.45) is -10.1. The number of nitrogens with one attached hydrogen (secondary N) is 1. The third-order valence-corrected chi connectivity index (χ3v) is 4.16. The van der Waals surface area contributed by atoms with Gasteiger partial charge >= 0.3 is 18.0 Å². The molecule has 0 aliphatic heterocycles. The number of alkyl halides is 6. The van der Waals surface area contributed by atoms with Gasteiger partial charge < -0.3 is 14.5 Å². The van der Waals surface area contributed by atoms with Gasteiger partial charge in [0.25, 0.3) is 5.91 Å². The van der Waals surface area contributed by atoms with Crippen molar-refractivity contribution in [3.63, 3.8) is 0 Å². The average Bonchev–Trinajstić information content (AvgIpc) is 2.64. The number of aryl methyl sites for hydroxylation is 1. The second-order valence-electron chi connectivity index (χ2n) is 6.54. The summed E-state index contributed by atoms with van der Waals surface area (Å²) in [4.78, 5) is 23.5. The van der Waals surface area contributed by atoms with E-state index in [0.717, 1.165) is 0 Å². The van der Waals surface area contributed by atoms with Gasteiger partial charge in [0.2, 0.25) is 0 Å². The fourth-order valence-electron chi connectivity index (χ4n) is 2.77. The van der Waals surface area contributed by atoms with E-state index < -0.39 is 47.3 Å². The van der Waals surface area contributed by atoms with Crippen LogP contribution >= 0.6 is 0 Å². The molecule has 5 nitrogen and oxygen atoms in total. The molecule has 0 unspecified atom stereocenters. The molecule has 0 atom stereocenters. The highest BCUT2D eigenvalue weighted by Crippen LogP contribution is 2.37. The van der Waals surface area contributed by atoms with Gasteiger partial charge in [-0.3, -0.25) is 4.79 Å². The normalized spacial score (nSPS) is 12.1. The predicted molar refractivity (Wildman–Crippen MR) is 97.8 cm³/mol. The third kappa shape index (κ3) is 5.36. The molecule has 3 rings (SSSR count). The summed E-state index contributed by atoms with van der Waals surface area (Å²) in [5.74, 6) is -0.880. The van der Waals surface area contributed by atoms with Gasteiger partial charge in [0.05, 0.1) is 11.1 Å². The van der Waals surface area contributed by atoms with Crippen LogP contribution in [0.3, 0.4) is 0 Å².